The zero-order valence-corrected chi connectivity index (χ0v) is 10.2. The van der Waals surface area contributed by atoms with Crippen molar-refractivity contribution in [2.75, 3.05) is 0 Å². The van der Waals surface area contributed by atoms with Crippen LogP contribution in [0.25, 0.3) is 0 Å². The maximum absolute atomic E-state index is 10.8. The van der Waals surface area contributed by atoms with E-state index >= 15 is 0 Å². The number of nitrogens with zero attached hydrogens (tertiary/aromatic N) is 1. The summed E-state index contributed by atoms with van der Waals surface area (Å²) in [5, 5.41) is 21.0. The summed E-state index contributed by atoms with van der Waals surface area (Å²) in [6.07, 6.45) is 0.436. The van der Waals surface area contributed by atoms with E-state index in [1.54, 1.807) is 0 Å². The van der Waals surface area contributed by atoms with Crippen LogP contribution in [0.5, 0.6) is 0 Å². The Hall–Kier alpha value is -1.17. The zero-order valence-electron chi connectivity index (χ0n) is 9.47. The SMILES string of the molecule is CCC[C@@H](O)[C@@H](N)c1cc(Cl)ccc1[N+](=O)[O-]. The zero-order chi connectivity index (χ0) is 13.0. The normalized spacial score (nSPS) is 14.4. The second kappa shape index (κ2) is 5.95. The lowest BCUT2D eigenvalue weighted by molar-refractivity contribution is -0.385. The van der Waals surface area contributed by atoms with E-state index in [4.69, 9.17) is 17.3 Å². The van der Waals surface area contributed by atoms with Crippen molar-refractivity contribution in [3.05, 3.63) is 38.9 Å². The van der Waals surface area contributed by atoms with Gasteiger partial charge in [0, 0.05) is 11.1 Å². The highest BCUT2D eigenvalue weighted by atomic mass is 35.5. The predicted molar refractivity (Wildman–Crippen MR) is 65.9 cm³/mol. The molecule has 94 valence electrons. The van der Waals surface area contributed by atoms with Gasteiger partial charge < -0.3 is 10.8 Å². The van der Waals surface area contributed by atoms with Crippen molar-refractivity contribution in [3.63, 3.8) is 0 Å². The van der Waals surface area contributed by atoms with E-state index in [-0.39, 0.29) is 11.3 Å². The van der Waals surface area contributed by atoms with Gasteiger partial charge in [0.05, 0.1) is 22.6 Å². The molecule has 0 bridgehead atoms. The predicted octanol–water partition coefficient (Wildman–Crippen LogP) is 2.41. The summed E-state index contributed by atoms with van der Waals surface area (Å²) in [7, 11) is 0. The molecule has 0 unspecified atom stereocenters. The molecule has 17 heavy (non-hydrogen) atoms. The Morgan fingerprint density at radius 1 is 1.59 bits per heavy atom. The largest absolute Gasteiger partial charge is 0.391 e. The van der Waals surface area contributed by atoms with Crippen LogP contribution in [0.1, 0.15) is 31.4 Å². The monoisotopic (exact) mass is 258 g/mol. The van der Waals surface area contributed by atoms with Crippen molar-refractivity contribution >= 4 is 17.3 Å². The minimum absolute atomic E-state index is 0.114. The smallest absolute Gasteiger partial charge is 0.274 e. The van der Waals surface area contributed by atoms with Crippen molar-refractivity contribution < 1.29 is 10.0 Å². The maximum Gasteiger partial charge on any atom is 0.274 e. The highest BCUT2D eigenvalue weighted by molar-refractivity contribution is 6.30. The number of aliphatic hydroxyl groups excluding tert-OH is 1. The van der Waals surface area contributed by atoms with Gasteiger partial charge in [0.2, 0.25) is 0 Å². The van der Waals surface area contributed by atoms with Crippen LogP contribution in [0.4, 0.5) is 5.69 Å². The fraction of sp³-hybridized carbons (Fsp3) is 0.455. The van der Waals surface area contributed by atoms with Crippen molar-refractivity contribution in [1.29, 1.82) is 0 Å². The van der Waals surface area contributed by atoms with Crippen molar-refractivity contribution in [1.82, 2.24) is 0 Å². The Morgan fingerprint density at radius 2 is 2.24 bits per heavy atom. The fourth-order valence-corrected chi connectivity index (χ4v) is 1.82. The number of benzene rings is 1. The van der Waals surface area contributed by atoms with Gasteiger partial charge in [-0.25, -0.2) is 0 Å². The molecule has 1 rings (SSSR count). The van der Waals surface area contributed by atoms with E-state index in [0.29, 0.717) is 11.4 Å². The van der Waals surface area contributed by atoms with Crippen LogP contribution in [-0.4, -0.2) is 16.1 Å². The molecule has 0 amide bonds. The Labute approximate surface area is 104 Å². The Bertz CT molecular complexity index is 412. The molecule has 3 N–H and O–H groups in total. The molecule has 0 fully saturated rings. The van der Waals surface area contributed by atoms with Gasteiger partial charge in [0.15, 0.2) is 0 Å². The first-order valence-electron chi connectivity index (χ1n) is 5.34. The summed E-state index contributed by atoms with van der Waals surface area (Å²) in [6.45, 7) is 1.91. The average Bonchev–Trinajstić information content (AvgIpc) is 2.27. The standard InChI is InChI=1S/C11H15ClN2O3/c1-2-3-10(15)11(13)8-6-7(12)4-5-9(8)14(16)17/h4-6,10-11,15H,2-3,13H2,1H3/t10-,11+/m1/s1. The molecule has 0 saturated heterocycles. The minimum Gasteiger partial charge on any atom is -0.391 e. The highest BCUT2D eigenvalue weighted by Crippen LogP contribution is 2.29. The minimum atomic E-state index is -0.808. The lowest BCUT2D eigenvalue weighted by atomic mass is 9.98. The molecule has 0 saturated carbocycles. The summed E-state index contributed by atoms with van der Waals surface area (Å²) in [5.74, 6) is 0. The first-order chi connectivity index (χ1) is 7.97. The third kappa shape index (κ3) is 3.39. The third-order valence-corrected chi connectivity index (χ3v) is 2.78. The highest BCUT2D eigenvalue weighted by Gasteiger charge is 2.24. The van der Waals surface area contributed by atoms with Crippen molar-refractivity contribution in [2.45, 2.75) is 31.9 Å². The van der Waals surface area contributed by atoms with Crippen molar-refractivity contribution in [2.24, 2.45) is 5.73 Å². The van der Waals surface area contributed by atoms with E-state index in [1.165, 1.54) is 18.2 Å². The molecule has 0 aromatic heterocycles. The molecule has 2 atom stereocenters. The van der Waals surface area contributed by atoms with Crippen LogP contribution in [0, 0.1) is 10.1 Å². The molecule has 1 aromatic rings. The van der Waals surface area contributed by atoms with Gasteiger partial charge >= 0.3 is 0 Å². The number of nitro groups is 1. The van der Waals surface area contributed by atoms with Gasteiger partial charge in [0.25, 0.3) is 5.69 Å². The average molecular weight is 259 g/mol. The molecule has 5 nitrogen and oxygen atoms in total. The van der Waals surface area contributed by atoms with E-state index < -0.39 is 17.1 Å². The molecule has 0 heterocycles. The molecule has 0 aliphatic heterocycles. The maximum atomic E-state index is 10.8. The quantitative estimate of drug-likeness (QED) is 0.627. The van der Waals surface area contributed by atoms with Crippen LogP contribution in [0.2, 0.25) is 5.02 Å². The number of nitrogens with two attached hydrogens (primary N) is 1. The Balaban J connectivity index is 3.10. The van der Waals surface area contributed by atoms with Gasteiger partial charge in [-0.2, -0.15) is 0 Å². The molecule has 6 heteroatoms. The lowest BCUT2D eigenvalue weighted by Crippen LogP contribution is -2.26. The van der Waals surface area contributed by atoms with Gasteiger partial charge in [-0.3, -0.25) is 10.1 Å². The molecule has 0 spiro atoms. The molecule has 0 aliphatic carbocycles. The number of aliphatic hydroxyl groups is 1. The van der Waals surface area contributed by atoms with Crippen LogP contribution >= 0.6 is 11.6 Å². The van der Waals surface area contributed by atoms with E-state index in [2.05, 4.69) is 0 Å². The third-order valence-electron chi connectivity index (χ3n) is 2.54. The molecular formula is C11H15ClN2O3. The summed E-state index contributed by atoms with van der Waals surface area (Å²) in [4.78, 5) is 10.3. The van der Waals surface area contributed by atoms with Crippen molar-refractivity contribution in [3.8, 4) is 0 Å². The van der Waals surface area contributed by atoms with E-state index in [0.717, 1.165) is 6.42 Å². The topological polar surface area (TPSA) is 89.4 Å². The number of hydrogen-bond acceptors (Lipinski definition) is 4. The number of halogens is 1. The van der Waals surface area contributed by atoms with Crippen LogP contribution in [0.3, 0.4) is 0 Å². The second-order valence-electron chi connectivity index (χ2n) is 3.84. The number of nitro benzene ring substituents is 1. The molecular weight excluding hydrogens is 244 g/mol. The van der Waals surface area contributed by atoms with E-state index in [9.17, 15) is 15.2 Å². The van der Waals surface area contributed by atoms with Gasteiger partial charge in [-0.05, 0) is 18.6 Å². The van der Waals surface area contributed by atoms with Crippen LogP contribution in [0.15, 0.2) is 18.2 Å². The number of hydrogen-bond donors (Lipinski definition) is 2. The van der Waals surface area contributed by atoms with Crippen LogP contribution in [-0.2, 0) is 0 Å². The molecule has 1 aromatic carbocycles. The first-order valence-corrected chi connectivity index (χ1v) is 5.72. The van der Waals surface area contributed by atoms with Gasteiger partial charge in [-0.15, -0.1) is 0 Å². The molecule has 0 aliphatic rings. The summed E-state index contributed by atoms with van der Waals surface area (Å²) >= 11 is 5.79. The van der Waals surface area contributed by atoms with Gasteiger partial charge in [-0.1, -0.05) is 24.9 Å². The number of rotatable bonds is 5. The fourth-order valence-electron chi connectivity index (χ4n) is 1.64. The Kier molecular flexibility index (Phi) is 4.86. The summed E-state index contributed by atoms with van der Waals surface area (Å²) in [5.41, 5.74) is 5.97. The first kappa shape index (κ1) is 13.9. The van der Waals surface area contributed by atoms with E-state index in [1.807, 2.05) is 6.92 Å². The second-order valence-corrected chi connectivity index (χ2v) is 4.28. The van der Waals surface area contributed by atoms with Crippen LogP contribution < -0.4 is 5.73 Å². The molecule has 0 radical (unpaired) electrons. The summed E-state index contributed by atoms with van der Waals surface area (Å²) in [6, 6.07) is 3.37. The Morgan fingerprint density at radius 3 is 2.76 bits per heavy atom. The van der Waals surface area contributed by atoms with Gasteiger partial charge in [0.1, 0.15) is 0 Å². The summed E-state index contributed by atoms with van der Waals surface area (Å²) < 4.78 is 0. The lowest BCUT2D eigenvalue weighted by Gasteiger charge is -2.18.